The van der Waals surface area contributed by atoms with Gasteiger partial charge < -0.3 is 0 Å². The largest absolute Gasteiger partial charge is 0.280 e. The molecule has 0 amide bonds. The minimum absolute atomic E-state index is 0.323. The zero-order chi connectivity index (χ0) is 14.0. The van der Waals surface area contributed by atoms with Crippen molar-refractivity contribution in [2.45, 2.75) is 25.2 Å². The summed E-state index contributed by atoms with van der Waals surface area (Å²) in [5.41, 5.74) is 1.76. The van der Waals surface area contributed by atoms with Gasteiger partial charge in [-0.25, -0.2) is 8.42 Å². The van der Waals surface area contributed by atoms with Gasteiger partial charge in [0.05, 0.1) is 3.79 Å². The van der Waals surface area contributed by atoms with Crippen molar-refractivity contribution >= 4 is 43.0 Å². The molecular weight excluding hydrogens is 346 g/mol. The molecule has 0 aliphatic heterocycles. The molecule has 0 aliphatic rings. The zero-order valence-corrected chi connectivity index (χ0v) is 13.8. The first kappa shape index (κ1) is 14.6. The molecule has 3 nitrogen and oxygen atoms in total. The van der Waals surface area contributed by atoms with Crippen molar-refractivity contribution in [2.24, 2.45) is 0 Å². The van der Waals surface area contributed by atoms with E-state index in [1.165, 1.54) is 16.9 Å². The average Bonchev–Trinajstić information content (AvgIpc) is 2.70. The van der Waals surface area contributed by atoms with E-state index in [4.69, 9.17) is 0 Å². The number of sulfonamides is 1. The van der Waals surface area contributed by atoms with E-state index >= 15 is 0 Å². The van der Waals surface area contributed by atoms with Crippen LogP contribution in [0.15, 0.2) is 39.0 Å². The lowest BCUT2D eigenvalue weighted by Crippen LogP contribution is -2.13. The summed E-state index contributed by atoms with van der Waals surface area (Å²) in [5.74, 6) is 0. The molecule has 0 radical (unpaired) electrons. The molecule has 0 bridgehead atoms. The molecule has 6 heteroatoms. The topological polar surface area (TPSA) is 46.2 Å². The number of anilines is 1. The van der Waals surface area contributed by atoms with E-state index in [0.29, 0.717) is 10.6 Å². The Bertz CT molecular complexity index is 675. The third-order valence-corrected chi connectivity index (χ3v) is 5.94. The fourth-order valence-corrected chi connectivity index (χ4v) is 5.19. The SMILES string of the molecule is CCc1ccc(NS(=O)(=O)c2cc(Br)sc2C)cc1. The smallest absolute Gasteiger partial charge is 0.263 e. The predicted octanol–water partition coefficient (Wildman–Crippen LogP) is 4.18. The Morgan fingerprint density at radius 2 is 1.89 bits per heavy atom. The second-order valence-electron chi connectivity index (χ2n) is 4.13. The van der Waals surface area contributed by atoms with Crippen LogP contribution in [0.25, 0.3) is 0 Å². The maximum atomic E-state index is 12.3. The number of halogens is 1. The molecule has 1 aromatic heterocycles. The minimum Gasteiger partial charge on any atom is -0.280 e. The molecule has 2 rings (SSSR count). The van der Waals surface area contributed by atoms with Crippen LogP contribution < -0.4 is 4.72 Å². The summed E-state index contributed by atoms with van der Waals surface area (Å²) < 4.78 is 27.9. The normalized spacial score (nSPS) is 11.5. The maximum Gasteiger partial charge on any atom is 0.263 e. The van der Waals surface area contributed by atoms with Crippen molar-refractivity contribution in [3.63, 3.8) is 0 Å². The number of benzene rings is 1. The van der Waals surface area contributed by atoms with Crippen LogP contribution in [0.2, 0.25) is 0 Å². The first-order valence-corrected chi connectivity index (χ1v) is 8.89. The molecule has 0 aliphatic carbocycles. The average molecular weight is 360 g/mol. The number of nitrogens with one attached hydrogen (secondary N) is 1. The van der Waals surface area contributed by atoms with Crippen LogP contribution in [0.3, 0.4) is 0 Å². The summed E-state index contributed by atoms with van der Waals surface area (Å²) in [4.78, 5) is 1.09. The molecule has 0 spiro atoms. The van der Waals surface area contributed by atoms with Gasteiger partial charge in [0, 0.05) is 10.6 Å². The van der Waals surface area contributed by atoms with Crippen molar-refractivity contribution in [1.82, 2.24) is 0 Å². The molecule has 0 fully saturated rings. The van der Waals surface area contributed by atoms with Gasteiger partial charge >= 0.3 is 0 Å². The van der Waals surface area contributed by atoms with Crippen molar-refractivity contribution < 1.29 is 8.42 Å². The molecule has 0 saturated carbocycles. The molecule has 0 saturated heterocycles. The lowest BCUT2D eigenvalue weighted by atomic mass is 10.2. The Labute approximate surface area is 125 Å². The molecule has 19 heavy (non-hydrogen) atoms. The van der Waals surface area contributed by atoms with Gasteiger partial charge in [0.15, 0.2) is 0 Å². The molecule has 102 valence electrons. The summed E-state index contributed by atoms with van der Waals surface area (Å²) in [7, 11) is -3.51. The fraction of sp³-hybridized carbons (Fsp3) is 0.231. The first-order valence-electron chi connectivity index (χ1n) is 5.80. The highest BCUT2D eigenvalue weighted by molar-refractivity contribution is 9.11. The fourth-order valence-electron chi connectivity index (χ4n) is 1.72. The van der Waals surface area contributed by atoms with Crippen LogP contribution >= 0.6 is 27.3 Å². The Morgan fingerprint density at radius 1 is 1.26 bits per heavy atom. The van der Waals surface area contributed by atoms with Gasteiger partial charge in [0.2, 0.25) is 0 Å². The summed E-state index contributed by atoms with van der Waals surface area (Å²) in [6, 6.07) is 9.05. The van der Waals surface area contributed by atoms with Gasteiger partial charge in [-0.2, -0.15) is 0 Å². The molecular formula is C13H14BrNO2S2. The molecule has 0 unspecified atom stereocenters. The van der Waals surface area contributed by atoms with Gasteiger partial charge in [-0.15, -0.1) is 11.3 Å². The highest BCUT2D eigenvalue weighted by Crippen LogP contribution is 2.30. The van der Waals surface area contributed by atoms with Crippen molar-refractivity contribution in [2.75, 3.05) is 4.72 Å². The van der Waals surface area contributed by atoms with E-state index in [2.05, 4.69) is 27.6 Å². The zero-order valence-electron chi connectivity index (χ0n) is 10.6. The van der Waals surface area contributed by atoms with E-state index in [0.717, 1.165) is 15.1 Å². The number of rotatable bonds is 4. The lowest BCUT2D eigenvalue weighted by molar-refractivity contribution is 0.601. The summed E-state index contributed by atoms with van der Waals surface area (Å²) >= 11 is 4.72. The predicted molar refractivity (Wildman–Crippen MR) is 83.4 cm³/mol. The quantitative estimate of drug-likeness (QED) is 0.889. The van der Waals surface area contributed by atoms with Crippen LogP contribution in [0.1, 0.15) is 17.4 Å². The van der Waals surface area contributed by atoms with Crippen LogP contribution in [-0.4, -0.2) is 8.42 Å². The highest BCUT2D eigenvalue weighted by Gasteiger charge is 2.19. The monoisotopic (exact) mass is 359 g/mol. The van der Waals surface area contributed by atoms with Crippen LogP contribution in [0.5, 0.6) is 0 Å². The van der Waals surface area contributed by atoms with Gasteiger partial charge in [-0.3, -0.25) is 4.72 Å². The molecule has 2 aromatic rings. The molecule has 1 heterocycles. The van der Waals surface area contributed by atoms with Gasteiger partial charge in [0.25, 0.3) is 10.0 Å². The first-order chi connectivity index (χ1) is 8.92. The highest BCUT2D eigenvalue weighted by atomic mass is 79.9. The van der Waals surface area contributed by atoms with Crippen molar-refractivity contribution in [3.8, 4) is 0 Å². The second-order valence-corrected chi connectivity index (χ2v) is 8.41. The van der Waals surface area contributed by atoms with Crippen molar-refractivity contribution in [1.29, 1.82) is 0 Å². The Hall–Kier alpha value is -0.850. The second kappa shape index (κ2) is 5.64. The number of aryl methyl sites for hydroxylation is 2. The van der Waals surface area contributed by atoms with Crippen molar-refractivity contribution in [3.05, 3.63) is 44.6 Å². The van der Waals surface area contributed by atoms with E-state index in [1.807, 2.05) is 12.1 Å². The minimum atomic E-state index is -3.51. The number of thiophene rings is 1. The Morgan fingerprint density at radius 3 is 2.37 bits per heavy atom. The molecule has 0 atom stereocenters. The Kier molecular flexibility index (Phi) is 4.32. The van der Waals surface area contributed by atoms with Gasteiger partial charge in [-0.1, -0.05) is 19.1 Å². The molecule has 1 N–H and O–H groups in total. The number of hydrogen-bond donors (Lipinski definition) is 1. The van der Waals surface area contributed by atoms with Crippen LogP contribution in [0.4, 0.5) is 5.69 Å². The van der Waals surface area contributed by atoms with E-state index in [1.54, 1.807) is 25.1 Å². The Balaban J connectivity index is 2.28. The number of hydrogen-bond acceptors (Lipinski definition) is 3. The van der Waals surface area contributed by atoms with Crippen LogP contribution in [-0.2, 0) is 16.4 Å². The van der Waals surface area contributed by atoms with E-state index in [-0.39, 0.29) is 0 Å². The van der Waals surface area contributed by atoms with Gasteiger partial charge in [-0.05, 0) is 53.0 Å². The molecule has 1 aromatic carbocycles. The summed E-state index contributed by atoms with van der Waals surface area (Å²) in [6.07, 6.45) is 0.934. The lowest BCUT2D eigenvalue weighted by Gasteiger charge is -2.08. The summed E-state index contributed by atoms with van der Waals surface area (Å²) in [6.45, 7) is 3.86. The standard InChI is InChI=1S/C13H14BrNO2S2/c1-3-10-4-6-11(7-5-10)15-19(16,17)12-8-13(14)18-9(12)2/h4-8,15H,3H2,1-2H3. The summed E-state index contributed by atoms with van der Waals surface area (Å²) in [5, 5.41) is 0. The third-order valence-electron chi connectivity index (χ3n) is 2.75. The van der Waals surface area contributed by atoms with E-state index < -0.39 is 10.0 Å². The maximum absolute atomic E-state index is 12.3. The van der Waals surface area contributed by atoms with E-state index in [9.17, 15) is 8.42 Å². The third kappa shape index (κ3) is 3.38. The van der Waals surface area contributed by atoms with Crippen LogP contribution in [0, 0.1) is 6.92 Å². The van der Waals surface area contributed by atoms with Gasteiger partial charge in [0.1, 0.15) is 4.90 Å².